The predicted octanol–water partition coefficient (Wildman–Crippen LogP) is 1.89. The Kier molecular flexibility index (Phi) is 4.78. The van der Waals surface area contributed by atoms with Crippen molar-refractivity contribution in [3.63, 3.8) is 0 Å². The van der Waals surface area contributed by atoms with Crippen LogP contribution in [0, 0.1) is 13.8 Å². The summed E-state index contributed by atoms with van der Waals surface area (Å²) in [5.74, 6) is -0.729. The van der Waals surface area contributed by atoms with Crippen molar-refractivity contribution in [2.45, 2.75) is 33.4 Å². The lowest BCUT2D eigenvalue weighted by molar-refractivity contribution is -0.143. The summed E-state index contributed by atoms with van der Waals surface area (Å²) in [4.78, 5) is 15.5. The number of rotatable bonds is 4. The first kappa shape index (κ1) is 15.0. The number of benzene rings is 1. The van der Waals surface area contributed by atoms with E-state index in [0.717, 1.165) is 32.7 Å². The van der Waals surface area contributed by atoms with Gasteiger partial charge in [0.05, 0.1) is 0 Å². The van der Waals surface area contributed by atoms with Gasteiger partial charge in [0.2, 0.25) is 0 Å². The van der Waals surface area contributed by atoms with E-state index in [1.807, 2.05) is 4.90 Å². The lowest BCUT2D eigenvalue weighted by Gasteiger charge is -2.36. The van der Waals surface area contributed by atoms with E-state index in [-0.39, 0.29) is 6.04 Å². The fraction of sp³-hybridized carbons (Fsp3) is 0.562. The quantitative estimate of drug-likeness (QED) is 0.912. The smallest absolute Gasteiger partial charge is 0.320 e. The van der Waals surface area contributed by atoms with Gasteiger partial charge in [-0.3, -0.25) is 14.6 Å². The van der Waals surface area contributed by atoms with Gasteiger partial charge in [0, 0.05) is 32.7 Å². The van der Waals surface area contributed by atoms with E-state index >= 15 is 0 Å². The van der Waals surface area contributed by atoms with E-state index in [4.69, 9.17) is 5.11 Å². The fourth-order valence-electron chi connectivity index (χ4n) is 2.68. The van der Waals surface area contributed by atoms with Crippen molar-refractivity contribution < 1.29 is 9.90 Å². The van der Waals surface area contributed by atoms with Crippen LogP contribution in [0.1, 0.15) is 23.6 Å². The molecule has 1 fully saturated rings. The summed E-state index contributed by atoms with van der Waals surface area (Å²) in [5, 5.41) is 9.05. The molecule has 0 amide bonds. The number of aliphatic carboxylic acids is 1. The first-order chi connectivity index (χ1) is 9.47. The summed E-state index contributed by atoms with van der Waals surface area (Å²) >= 11 is 0. The van der Waals surface area contributed by atoms with Gasteiger partial charge in [-0.1, -0.05) is 23.8 Å². The third kappa shape index (κ3) is 3.58. The molecule has 0 radical (unpaired) electrons. The molecule has 1 saturated heterocycles. The Morgan fingerprint density at radius 2 is 1.90 bits per heavy atom. The van der Waals surface area contributed by atoms with Crippen molar-refractivity contribution in [1.29, 1.82) is 0 Å². The largest absolute Gasteiger partial charge is 0.480 e. The van der Waals surface area contributed by atoms with E-state index in [0.29, 0.717) is 0 Å². The molecule has 0 bridgehead atoms. The SMILES string of the molecule is Cc1ccc(C)c(CN2CCN(C(C)C(=O)O)CC2)c1. The third-order valence-corrected chi connectivity index (χ3v) is 4.21. The molecule has 0 aromatic heterocycles. The molecule has 1 aromatic carbocycles. The van der Waals surface area contributed by atoms with Crippen LogP contribution >= 0.6 is 0 Å². The van der Waals surface area contributed by atoms with Crippen LogP contribution in [0.15, 0.2) is 18.2 Å². The molecule has 110 valence electrons. The molecule has 1 heterocycles. The minimum Gasteiger partial charge on any atom is -0.480 e. The van der Waals surface area contributed by atoms with Gasteiger partial charge >= 0.3 is 5.97 Å². The first-order valence-electron chi connectivity index (χ1n) is 7.22. The standard InChI is InChI=1S/C16H24N2O2/c1-12-4-5-13(2)15(10-12)11-17-6-8-18(9-7-17)14(3)16(19)20/h4-5,10,14H,6-9,11H2,1-3H3,(H,19,20). The van der Waals surface area contributed by atoms with Crippen molar-refractivity contribution in [1.82, 2.24) is 9.80 Å². The van der Waals surface area contributed by atoms with Crippen LogP contribution in [0.3, 0.4) is 0 Å². The van der Waals surface area contributed by atoms with Gasteiger partial charge in [0.25, 0.3) is 0 Å². The Bertz CT molecular complexity index is 479. The fourth-order valence-corrected chi connectivity index (χ4v) is 2.68. The van der Waals surface area contributed by atoms with Crippen molar-refractivity contribution in [2.75, 3.05) is 26.2 Å². The molecule has 4 nitrogen and oxygen atoms in total. The van der Waals surface area contributed by atoms with Crippen LogP contribution in [0.5, 0.6) is 0 Å². The summed E-state index contributed by atoms with van der Waals surface area (Å²) in [5.41, 5.74) is 4.01. The molecule has 20 heavy (non-hydrogen) atoms. The molecule has 1 N–H and O–H groups in total. The maximum Gasteiger partial charge on any atom is 0.320 e. The summed E-state index contributed by atoms with van der Waals surface area (Å²) in [6.45, 7) is 10.5. The van der Waals surface area contributed by atoms with Crippen LogP contribution in [-0.2, 0) is 11.3 Å². The Hall–Kier alpha value is -1.39. The predicted molar refractivity (Wildman–Crippen MR) is 79.9 cm³/mol. The van der Waals surface area contributed by atoms with Crippen molar-refractivity contribution >= 4 is 5.97 Å². The second-order valence-corrected chi connectivity index (χ2v) is 5.76. The maximum absolute atomic E-state index is 11.0. The summed E-state index contributed by atoms with van der Waals surface area (Å²) in [7, 11) is 0. The molecule has 0 aliphatic carbocycles. The second kappa shape index (κ2) is 6.37. The molecular formula is C16H24N2O2. The summed E-state index contributed by atoms with van der Waals surface area (Å²) in [6, 6.07) is 6.19. The average molecular weight is 276 g/mol. The second-order valence-electron chi connectivity index (χ2n) is 5.76. The van der Waals surface area contributed by atoms with Gasteiger partial charge in [-0.15, -0.1) is 0 Å². The Morgan fingerprint density at radius 3 is 2.50 bits per heavy atom. The lowest BCUT2D eigenvalue weighted by Crippen LogP contribution is -2.51. The molecular weight excluding hydrogens is 252 g/mol. The normalized spacial score (nSPS) is 18.9. The van der Waals surface area contributed by atoms with E-state index < -0.39 is 5.97 Å². The summed E-state index contributed by atoms with van der Waals surface area (Å²) < 4.78 is 0. The van der Waals surface area contributed by atoms with Crippen LogP contribution in [0.4, 0.5) is 0 Å². The molecule has 1 atom stereocenters. The number of hydrogen-bond donors (Lipinski definition) is 1. The van der Waals surface area contributed by atoms with E-state index in [1.165, 1.54) is 16.7 Å². The molecule has 1 aliphatic heterocycles. The number of aryl methyl sites for hydroxylation is 2. The number of carbonyl (C=O) groups is 1. The van der Waals surface area contributed by atoms with E-state index in [2.05, 4.69) is 36.9 Å². The lowest BCUT2D eigenvalue weighted by atomic mass is 10.0. The zero-order chi connectivity index (χ0) is 14.7. The van der Waals surface area contributed by atoms with Crippen molar-refractivity contribution in [3.05, 3.63) is 34.9 Å². The highest BCUT2D eigenvalue weighted by Crippen LogP contribution is 2.15. The van der Waals surface area contributed by atoms with Gasteiger partial charge in [-0.2, -0.15) is 0 Å². The molecule has 1 unspecified atom stereocenters. The number of nitrogens with zero attached hydrogens (tertiary/aromatic N) is 2. The van der Waals surface area contributed by atoms with Gasteiger partial charge < -0.3 is 5.11 Å². The van der Waals surface area contributed by atoms with E-state index in [1.54, 1.807) is 6.92 Å². The highest BCUT2D eigenvalue weighted by Gasteiger charge is 2.25. The molecule has 1 aromatic rings. The number of carboxylic acids is 1. The average Bonchev–Trinajstić information content (AvgIpc) is 2.43. The molecule has 2 rings (SSSR count). The topological polar surface area (TPSA) is 43.8 Å². The number of hydrogen-bond acceptors (Lipinski definition) is 3. The van der Waals surface area contributed by atoms with Crippen LogP contribution in [0.25, 0.3) is 0 Å². The van der Waals surface area contributed by atoms with Gasteiger partial charge in [-0.25, -0.2) is 0 Å². The van der Waals surface area contributed by atoms with Crippen LogP contribution in [0.2, 0.25) is 0 Å². The van der Waals surface area contributed by atoms with Gasteiger partial charge in [0.15, 0.2) is 0 Å². The first-order valence-corrected chi connectivity index (χ1v) is 7.22. The third-order valence-electron chi connectivity index (χ3n) is 4.21. The zero-order valence-electron chi connectivity index (χ0n) is 12.6. The van der Waals surface area contributed by atoms with Crippen LogP contribution < -0.4 is 0 Å². The van der Waals surface area contributed by atoms with Gasteiger partial charge in [-0.05, 0) is 31.9 Å². The minimum absolute atomic E-state index is 0.377. The Balaban J connectivity index is 1.91. The highest BCUT2D eigenvalue weighted by atomic mass is 16.4. The highest BCUT2D eigenvalue weighted by molar-refractivity contribution is 5.72. The van der Waals surface area contributed by atoms with E-state index in [9.17, 15) is 4.79 Å². The van der Waals surface area contributed by atoms with Crippen LogP contribution in [-0.4, -0.2) is 53.1 Å². The van der Waals surface area contributed by atoms with Gasteiger partial charge in [0.1, 0.15) is 6.04 Å². The van der Waals surface area contributed by atoms with Crippen molar-refractivity contribution in [2.24, 2.45) is 0 Å². The number of carboxylic acid groups (broad SMARTS) is 1. The summed E-state index contributed by atoms with van der Waals surface area (Å²) in [6.07, 6.45) is 0. The molecule has 1 aliphatic rings. The Labute approximate surface area is 121 Å². The molecule has 0 spiro atoms. The Morgan fingerprint density at radius 1 is 1.25 bits per heavy atom. The number of piperazine rings is 1. The zero-order valence-corrected chi connectivity index (χ0v) is 12.6. The van der Waals surface area contributed by atoms with Crippen molar-refractivity contribution in [3.8, 4) is 0 Å². The monoisotopic (exact) mass is 276 g/mol. The maximum atomic E-state index is 11.0. The molecule has 0 saturated carbocycles. The molecule has 4 heteroatoms. The minimum atomic E-state index is -0.729.